The highest BCUT2D eigenvalue weighted by Gasteiger charge is 2.15. The molecule has 0 spiro atoms. The molecule has 0 radical (unpaired) electrons. The molecule has 0 aliphatic heterocycles. The number of aromatic nitrogens is 1. The lowest BCUT2D eigenvalue weighted by Crippen LogP contribution is -2.11. The average Bonchev–Trinajstić information content (AvgIpc) is 2.86. The maximum absolute atomic E-state index is 11.3. The topological polar surface area (TPSA) is 86.5 Å². The molecule has 33 heavy (non-hydrogen) atoms. The number of carboxylic acids is 1. The number of aromatic carboxylic acids is 1. The SMILES string of the molecule is COc1cc(C(=O)O)ccc1CSc1ccncc1N(C)c1ccc(C#N)c2ccccc12. The fraction of sp³-hybridized carbons (Fsp3) is 0.115. The maximum Gasteiger partial charge on any atom is 0.335 e. The van der Waals surface area contributed by atoms with Crippen molar-refractivity contribution in [1.29, 1.82) is 5.26 Å². The molecule has 1 N–H and O–H groups in total. The number of fused-ring (bicyclic) bond motifs is 1. The first-order valence-corrected chi connectivity index (χ1v) is 11.1. The number of methoxy groups -OCH3 is 1. The molecule has 0 bridgehead atoms. The second-order valence-corrected chi connectivity index (χ2v) is 8.33. The van der Waals surface area contributed by atoms with Gasteiger partial charge in [0.25, 0.3) is 0 Å². The number of carboxylic acid groups (broad SMARTS) is 1. The summed E-state index contributed by atoms with van der Waals surface area (Å²) in [7, 11) is 3.52. The second kappa shape index (κ2) is 9.63. The molecule has 4 aromatic rings. The number of nitriles is 1. The van der Waals surface area contributed by atoms with Gasteiger partial charge in [0, 0.05) is 45.9 Å². The summed E-state index contributed by atoms with van der Waals surface area (Å²) in [5.41, 5.74) is 3.64. The van der Waals surface area contributed by atoms with Crippen LogP contribution < -0.4 is 9.64 Å². The molecular weight excluding hydrogens is 434 g/mol. The highest BCUT2D eigenvalue weighted by molar-refractivity contribution is 7.98. The number of ether oxygens (including phenoxy) is 1. The van der Waals surface area contributed by atoms with Gasteiger partial charge in [0.1, 0.15) is 5.75 Å². The van der Waals surface area contributed by atoms with Crippen LogP contribution in [-0.4, -0.2) is 30.2 Å². The summed E-state index contributed by atoms with van der Waals surface area (Å²) < 4.78 is 5.42. The normalized spacial score (nSPS) is 10.6. The van der Waals surface area contributed by atoms with Gasteiger partial charge in [-0.3, -0.25) is 4.98 Å². The summed E-state index contributed by atoms with van der Waals surface area (Å²) >= 11 is 1.62. The molecule has 3 aromatic carbocycles. The van der Waals surface area contributed by atoms with Crippen LogP contribution in [0.4, 0.5) is 11.4 Å². The molecule has 0 unspecified atom stereocenters. The Kier molecular flexibility index (Phi) is 6.48. The third-order valence-corrected chi connectivity index (χ3v) is 6.53. The monoisotopic (exact) mass is 455 g/mol. The Hall–Kier alpha value is -4.02. The van der Waals surface area contributed by atoms with Gasteiger partial charge < -0.3 is 14.7 Å². The molecule has 0 atom stereocenters. The average molecular weight is 456 g/mol. The first-order valence-electron chi connectivity index (χ1n) is 10.2. The Morgan fingerprint density at radius 3 is 2.64 bits per heavy atom. The van der Waals surface area contributed by atoms with Gasteiger partial charge in [0.05, 0.1) is 36.2 Å². The zero-order valence-corrected chi connectivity index (χ0v) is 19.0. The molecule has 7 heteroatoms. The van der Waals surface area contributed by atoms with E-state index in [1.807, 2.05) is 55.7 Å². The van der Waals surface area contributed by atoms with E-state index in [-0.39, 0.29) is 5.56 Å². The van der Waals surface area contributed by atoms with E-state index >= 15 is 0 Å². The molecular formula is C26H21N3O3S. The van der Waals surface area contributed by atoms with E-state index in [0.29, 0.717) is 17.1 Å². The highest BCUT2D eigenvalue weighted by atomic mass is 32.2. The summed E-state index contributed by atoms with van der Waals surface area (Å²) in [4.78, 5) is 18.7. The maximum atomic E-state index is 11.3. The predicted molar refractivity (Wildman–Crippen MR) is 130 cm³/mol. The fourth-order valence-corrected chi connectivity index (χ4v) is 4.75. The number of benzene rings is 3. The number of nitrogens with zero attached hydrogens (tertiary/aromatic N) is 3. The number of hydrogen-bond acceptors (Lipinski definition) is 6. The van der Waals surface area contributed by atoms with E-state index in [4.69, 9.17) is 4.74 Å². The summed E-state index contributed by atoms with van der Waals surface area (Å²) in [6, 6.07) is 20.8. The smallest absolute Gasteiger partial charge is 0.335 e. The predicted octanol–water partition coefficient (Wildman–Crippen LogP) is 5.87. The molecule has 1 aromatic heterocycles. The van der Waals surface area contributed by atoms with Crippen molar-refractivity contribution >= 4 is 39.9 Å². The van der Waals surface area contributed by atoms with Crippen molar-refractivity contribution in [3.05, 3.63) is 89.7 Å². The standard InChI is InChI=1S/C26H21N3O3S/c1-29(22-10-9-18(14-27)20-5-3-4-6-21(20)22)23-15-28-12-11-25(23)33-16-19-8-7-17(26(30)31)13-24(19)32-2/h3-13,15H,16H2,1-2H3,(H,30,31). The lowest BCUT2D eigenvalue weighted by molar-refractivity contribution is 0.0696. The number of thioether (sulfide) groups is 1. The summed E-state index contributed by atoms with van der Waals surface area (Å²) in [5, 5.41) is 20.6. The van der Waals surface area contributed by atoms with Crippen LogP contribution in [0.25, 0.3) is 10.8 Å². The second-order valence-electron chi connectivity index (χ2n) is 7.31. The molecule has 0 aliphatic carbocycles. The molecule has 6 nitrogen and oxygen atoms in total. The van der Waals surface area contributed by atoms with E-state index in [9.17, 15) is 15.2 Å². The van der Waals surface area contributed by atoms with Crippen molar-refractivity contribution in [3.8, 4) is 11.8 Å². The van der Waals surface area contributed by atoms with Gasteiger partial charge in [-0.25, -0.2) is 4.79 Å². The van der Waals surface area contributed by atoms with Crippen LogP contribution in [0.2, 0.25) is 0 Å². The Labute approximate surface area is 196 Å². The van der Waals surface area contributed by atoms with E-state index < -0.39 is 5.97 Å². The van der Waals surface area contributed by atoms with Crippen LogP contribution in [0.3, 0.4) is 0 Å². The Morgan fingerprint density at radius 1 is 1.12 bits per heavy atom. The van der Waals surface area contributed by atoms with E-state index in [2.05, 4.69) is 16.0 Å². The third-order valence-electron chi connectivity index (χ3n) is 5.42. The zero-order valence-electron chi connectivity index (χ0n) is 18.1. The first kappa shape index (κ1) is 22.2. The first-order chi connectivity index (χ1) is 16.0. The van der Waals surface area contributed by atoms with Crippen molar-refractivity contribution in [2.45, 2.75) is 10.6 Å². The Balaban J connectivity index is 1.66. The summed E-state index contributed by atoms with van der Waals surface area (Å²) in [6.45, 7) is 0. The summed E-state index contributed by atoms with van der Waals surface area (Å²) in [6.07, 6.45) is 3.57. The lowest BCUT2D eigenvalue weighted by Gasteiger charge is -2.24. The highest BCUT2D eigenvalue weighted by Crippen LogP contribution is 2.39. The van der Waals surface area contributed by atoms with Gasteiger partial charge in [-0.2, -0.15) is 5.26 Å². The fourth-order valence-electron chi connectivity index (χ4n) is 3.70. The van der Waals surface area contributed by atoms with Crippen LogP contribution in [-0.2, 0) is 5.75 Å². The van der Waals surface area contributed by atoms with Crippen LogP contribution >= 0.6 is 11.8 Å². The largest absolute Gasteiger partial charge is 0.496 e. The van der Waals surface area contributed by atoms with Crippen molar-refractivity contribution in [3.63, 3.8) is 0 Å². The number of hydrogen-bond donors (Lipinski definition) is 1. The van der Waals surface area contributed by atoms with Crippen LogP contribution in [0.1, 0.15) is 21.5 Å². The Bertz CT molecular complexity index is 1380. The number of pyridine rings is 1. The van der Waals surface area contributed by atoms with Gasteiger partial charge >= 0.3 is 5.97 Å². The minimum Gasteiger partial charge on any atom is -0.496 e. The lowest BCUT2D eigenvalue weighted by atomic mass is 10.0. The van der Waals surface area contributed by atoms with Crippen LogP contribution in [0.15, 0.2) is 78.0 Å². The van der Waals surface area contributed by atoms with Crippen molar-refractivity contribution in [1.82, 2.24) is 4.98 Å². The molecule has 0 aliphatic rings. The number of carbonyl (C=O) groups is 1. The molecule has 0 amide bonds. The van der Waals surface area contributed by atoms with Gasteiger partial charge in [-0.15, -0.1) is 11.8 Å². The minimum absolute atomic E-state index is 0.192. The molecule has 0 fully saturated rings. The zero-order chi connectivity index (χ0) is 23.4. The molecule has 0 saturated carbocycles. The van der Waals surface area contributed by atoms with Crippen LogP contribution in [0.5, 0.6) is 5.75 Å². The summed E-state index contributed by atoms with van der Waals surface area (Å²) in [5.74, 6) is 0.159. The molecule has 164 valence electrons. The number of anilines is 2. The third kappa shape index (κ3) is 4.47. The van der Waals surface area contributed by atoms with Crippen LogP contribution in [0, 0.1) is 11.3 Å². The van der Waals surface area contributed by atoms with Crippen molar-refractivity contribution < 1.29 is 14.6 Å². The Morgan fingerprint density at radius 2 is 1.91 bits per heavy atom. The van der Waals surface area contributed by atoms with E-state index in [0.717, 1.165) is 32.6 Å². The quantitative estimate of drug-likeness (QED) is 0.349. The molecule has 1 heterocycles. The van der Waals surface area contributed by atoms with Gasteiger partial charge in [0.15, 0.2) is 0 Å². The van der Waals surface area contributed by atoms with E-state index in [1.54, 1.807) is 36.2 Å². The molecule has 0 saturated heterocycles. The van der Waals surface area contributed by atoms with E-state index in [1.165, 1.54) is 7.11 Å². The van der Waals surface area contributed by atoms with Crippen molar-refractivity contribution in [2.24, 2.45) is 0 Å². The number of rotatable bonds is 7. The molecule has 4 rings (SSSR count). The van der Waals surface area contributed by atoms with Crippen molar-refractivity contribution in [2.75, 3.05) is 19.1 Å². The van der Waals surface area contributed by atoms with Gasteiger partial charge in [-0.05, 0) is 30.3 Å². The van der Waals surface area contributed by atoms with Gasteiger partial charge in [-0.1, -0.05) is 30.3 Å². The minimum atomic E-state index is -0.986. The van der Waals surface area contributed by atoms with Gasteiger partial charge in [0.2, 0.25) is 0 Å².